The maximum Gasteiger partial charge on any atom is 0.194 e. The Morgan fingerprint density at radius 3 is 2.44 bits per heavy atom. The van der Waals surface area contributed by atoms with Crippen molar-refractivity contribution in [2.24, 2.45) is 0 Å². The number of allylic oxidation sites excluding steroid dienone is 4. The van der Waals surface area contributed by atoms with Crippen molar-refractivity contribution >= 4 is 29.0 Å². The summed E-state index contributed by atoms with van der Waals surface area (Å²) < 4.78 is 5.72. The van der Waals surface area contributed by atoms with Gasteiger partial charge in [0, 0.05) is 17.3 Å². The van der Waals surface area contributed by atoms with Gasteiger partial charge < -0.3 is 26.0 Å². The van der Waals surface area contributed by atoms with Gasteiger partial charge in [-0.15, -0.1) is 0 Å². The highest BCUT2D eigenvalue weighted by molar-refractivity contribution is 6.31. The molecule has 1 atom stereocenters. The van der Waals surface area contributed by atoms with Crippen LogP contribution in [0.15, 0.2) is 35.5 Å². The molecule has 0 radical (unpaired) electrons. The highest BCUT2D eigenvalue weighted by atomic mass is 16.5. The number of phenolic OH excluding ortho intramolecular Hbond substituents is 2. The number of anilines is 2. The molecule has 32 heavy (non-hydrogen) atoms. The van der Waals surface area contributed by atoms with E-state index in [2.05, 4.69) is 15.3 Å². The summed E-state index contributed by atoms with van der Waals surface area (Å²) in [6, 6.07) is 0. The summed E-state index contributed by atoms with van der Waals surface area (Å²) in [6.45, 7) is 5.68. The lowest BCUT2D eigenvalue weighted by molar-refractivity contribution is -0.123. The van der Waals surface area contributed by atoms with Crippen molar-refractivity contribution < 1.29 is 29.3 Å². The molecule has 0 spiro atoms. The summed E-state index contributed by atoms with van der Waals surface area (Å²) in [7, 11) is 0. The van der Waals surface area contributed by atoms with Gasteiger partial charge in [0.2, 0.25) is 0 Å². The van der Waals surface area contributed by atoms with Gasteiger partial charge in [-0.05, 0) is 27.7 Å². The lowest BCUT2D eigenvalue weighted by Crippen LogP contribution is -2.40. The van der Waals surface area contributed by atoms with Crippen LogP contribution in [0.4, 0.5) is 11.6 Å². The third-order valence-corrected chi connectivity index (χ3v) is 5.75. The minimum absolute atomic E-state index is 0.0272. The fourth-order valence-electron chi connectivity index (χ4n) is 4.02. The number of nitrogens with two attached hydrogens (primary N) is 1. The summed E-state index contributed by atoms with van der Waals surface area (Å²) in [5.74, 6) is -2.28. The van der Waals surface area contributed by atoms with Crippen LogP contribution in [0, 0.1) is 6.92 Å². The number of phenols is 2. The Morgan fingerprint density at radius 2 is 1.84 bits per heavy atom. The van der Waals surface area contributed by atoms with E-state index in [0.717, 1.165) is 6.08 Å². The van der Waals surface area contributed by atoms with Crippen LogP contribution < -0.4 is 15.8 Å². The summed E-state index contributed by atoms with van der Waals surface area (Å²) in [6.07, 6.45) is 3.82. The van der Waals surface area contributed by atoms with Crippen molar-refractivity contribution in [2.45, 2.75) is 33.1 Å². The molecule has 5 N–H and O–H groups in total. The summed E-state index contributed by atoms with van der Waals surface area (Å²) in [5.41, 5.74) is 3.89. The van der Waals surface area contributed by atoms with E-state index in [9.17, 15) is 24.6 Å². The molecule has 0 saturated heterocycles. The molecule has 10 heteroatoms. The first-order valence-corrected chi connectivity index (χ1v) is 9.62. The highest BCUT2D eigenvalue weighted by Gasteiger charge is 2.56. The van der Waals surface area contributed by atoms with Crippen molar-refractivity contribution in [3.05, 3.63) is 52.2 Å². The van der Waals surface area contributed by atoms with E-state index < -0.39 is 28.5 Å². The number of nitrogens with one attached hydrogen (secondary N) is 1. The highest BCUT2D eigenvalue weighted by Crippen LogP contribution is 2.57. The number of hydrogen-bond donors (Lipinski definition) is 4. The molecule has 1 aliphatic carbocycles. The quantitative estimate of drug-likeness (QED) is 0.318. The molecule has 0 amide bonds. The summed E-state index contributed by atoms with van der Waals surface area (Å²) in [5, 5.41) is 24.1. The number of carbonyl (C=O) groups is 3. The van der Waals surface area contributed by atoms with Gasteiger partial charge in [0.05, 0.1) is 23.5 Å². The number of nitrogen functional groups attached to an aromatic ring is 1. The average molecular weight is 436 g/mol. The normalized spacial score (nSPS) is 20.8. The number of hydrogen-bond acceptors (Lipinski definition) is 10. The number of fused-ring (bicyclic) bond motifs is 3. The Kier molecular flexibility index (Phi) is 4.54. The second-order valence-electron chi connectivity index (χ2n) is 7.84. The minimum Gasteiger partial charge on any atom is -0.507 e. The van der Waals surface area contributed by atoms with Crippen LogP contribution >= 0.6 is 0 Å². The van der Waals surface area contributed by atoms with Gasteiger partial charge in [0.25, 0.3) is 0 Å². The van der Waals surface area contributed by atoms with Crippen molar-refractivity contribution in [1.29, 1.82) is 0 Å². The fourth-order valence-corrected chi connectivity index (χ4v) is 4.02. The molecule has 1 aromatic carbocycles. The Bertz CT molecular complexity index is 1290. The van der Waals surface area contributed by atoms with Crippen molar-refractivity contribution in [2.75, 3.05) is 11.1 Å². The van der Waals surface area contributed by atoms with Crippen LogP contribution in [0.3, 0.4) is 0 Å². The summed E-state index contributed by atoms with van der Waals surface area (Å²) >= 11 is 0. The Labute approximate surface area is 182 Å². The molecule has 1 unspecified atom stereocenters. The molecule has 10 nitrogen and oxygen atoms in total. The van der Waals surface area contributed by atoms with Crippen molar-refractivity contribution in [1.82, 2.24) is 9.97 Å². The van der Waals surface area contributed by atoms with Gasteiger partial charge >= 0.3 is 0 Å². The summed E-state index contributed by atoms with van der Waals surface area (Å²) in [4.78, 5) is 46.7. The first-order chi connectivity index (χ1) is 15.0. The maximum absolute atomic E-state index is 13.7. The van der Waals surface area contributed by atoms with E-state index in [-0.39, 0.29) is 56.9 Å². The van der Waals surface area contributed by atoms with Crippen molar-refractivity contribution in [3.63, 3.8) is 0 Å². The minimum atomic E-state index is -1.58. The maximum atomic E-state index is 13.7. The molecular formula is C22H20N4O6. The second-order valence-corrected chi connectivity index (χ2v) is 7.84. The fraction of sp³-hybridized carbons (Fsp3) is 0.227. The Morgan fingerprint density at radius 1 is 1.16 bits per heavy atom. The molecule has 0 saturated carbocycles. The number of aromatic hydroxyl groups is 2. The zero-order valence-electron chi connectivity index (χ0n) is 17.7. The topological polar surface area (TPSA) is 165 Å². The zero-order chi connectivity index (χ0) is 23.5. The van der Waals surface area contributed by atoms with Crippen LogP contribution in [-0.4, -0.2) is 37.5 Å². The molecule has 1 aromatic heterocycles. The van der Waals surface area contributed by atoms with E-state index in [1.54, 1.807) is 0 Å². The average Bonchev–Trinajstić information content (AvgIpc) is 3.01. The first kappa shape index (κ1) is 21.0. The van der Waals surface area contributed by atoms with Crippen molar-refractivity contribution in [3.8, 4) is 17.2 Å². The van der Waals surface area contributed by atoms with Crippen LogP contribution in [-0.2, 0) is 15.0 Å². The third kappa shape index (κ3) is 2.76. The predicted molar refractivity (Wildman–Crippen MR) is 113 cm³/mol. The van der Waals surface area contributed by atoms with Crippen LogP contribution in [0.1, 0.15) is 42.3 Å². The van der Waals surface area contributed by atoms with Gasteiger partial charge in [-0.3, -0.25) is 14.4 Å². The van der Waals surface area contributed by atoms with E-state index in [0.29, 0.717) is 0 Å². The zero-order valence-corrected chi connectivity index (χ0v) is 17.7. The number of Topliss-reactive ketones (excluding diaryl/α,β-unsaturated/α-hetero) is 2. The number of aromatic nitrogens is 2. The number of ether oxygens (including phenoxy) is 1. The number of ketones is 3. The van der Waals surface area contributed by atoms with Gasteiger partial charge in [0.1, 0.15) is 45.6 Å². The second kappa shape index (κ2) is 6.91. The van der Waals surface area contributed by atoms with E-state index >= 15 is 0 Å². The predicted octanol–water partition coefficient (Wildman–Crippen LogP) is 2.05. The number of benzene rings is 1. The monoisotopic (exact) mass is 436 g/mol. The molecule has 0 bridgehead atoms. The molecule has 164 valence electrons. The molecule has 2 aromatic rings. The lowest BCUT2D eigenvalue weighted by atomic mass is 9.70. The molecular weight excluding hydrogens is 416 g/mol. The van der Waals surface area contributed by atoms with Gasteiger partial charge in [-0.2, -0.15) is 0 Å². The number of rotatable bonds is 3. The SMILES string of the molecule is CC(=O)c1c(O)c(C)c(O)c2c1OC1=CC(=O)C(=C(C)Nc3cnc(N)cn3)C(=O)C12C. The van der Waals surface area contributed by atoms with E-state index in [4.69, 9.17) is 10.5 Å². The largest absolute Gasteiger partial charge is 0.507 e. The van der Waals surface area contributed by atoms with Gasteiger partial charge in [0.15, 0.2) is 17.3 Å². The van der Waals surface area contributed by atoms with Crippen LogP contribution in [0.5, 0.6) is 17.2 Å². The van der Waals surface area contributed by atoms with Gasteiger partial charge in [-0.25, -0.2) is 9.97 Å². The molecule has 2 aliphatic rings. The van der Waals surface area contributed by atoms with Gasteiger partial charge in [-0.1, -0.05) is 0 Å². The van der Waals surface area contributed by atoms with E-state index in [1.165, 1.54) is 40.1 Å². The number of carbonyl (C=O) groups excluding carboxylic acids is 3. The first-order valence-electron chi connectivity index (χ1n) is 9.62. The van der Waals surface area contributed by atoms with Crippen LogP contribution in [0.2, 0.25) is 0 Å². The lowest BCUT2D eigenvalue weighted by Gasteiger charge is -2.29. The smallest absolute Gasteiger partial charge is 0.194 e. The standard InChI is InChI=1S/C22H20N4O6/c1-8-18(29)16(10(3)27)20-17(19(8)30)22(4)12(32-20)5-11(28)15(21(22)31)9(2)26-14-7-24-13(23)6-25-14/h5-7,29-30H,1-4H3,(H2,23,24)(H,25,26). The molecule has 4 rings (SSSR count). The molecule has 0 fully saturated rings. The Hall–Kier alpha value is -4.21. The number of nitrogens with zero attached hydrogens (tertiary/aromatic N) is 2. The molecule has 1 aliphatic heterocycles. The molecule has 2 heterocycles. The van der Waals surface area contributed by atoms with E-state index in [1.807, 2.05) is 0 Å². The van der Waals surface area contributed by atoms with Crippen LogP contribution in [0.25, 0.3) is 0 Å². The third-order valence-electron chi connectivity index (χ3n) is 5.75. The Balaban J connectivity index is 1.91.